The standard InChI is InChI=1S/C17H17ClN2O2/c1-3-17(2)20-14(10-13(19-20)16-5-4-8-21-16)12-9-11(18)6-7-15(12)22-17/h4-9,14H,3,10H2,1-2H3/t14-,17+/m0/s1. The van der Waals surface area contributed by atoms with Crippen LogP contribution in [0.15, 0.2) is 46.1 Å². The molecule has 5 heteroatoms. The first kappa shape index (κ1) is 13.7. The number of rotatable bonds is 2. The fourth-order valence-electron chi connectivity index (χ4n) is 3.17. The minimum Gasteiger partial charge on any atom is -0.466 e. The van der Waals surface area contributed by atoms with E-state index in [-0.39, 0.29) is 6.04 Å². The predicted molar refractivity (Wildman–Crippen MR) is 85.2 cm³/mol. The third-order valence-electron chi connectivity index (χ3n) is 4.52. The van der Waals surface area contributed by atoms with Crippen molar-refractivity contribution < 1.29 is 9.15 Å². The van der Waals surface area contributed by atoms with E-state index in [1.165, 1.54) is 0 Å². The lowest BCUT2D eigenvalue weighted by molar-refractivity contribution is -0.108. The molecule has 3 heterocycles. The fourth-order valence-corrected chi connectivity index (χ4v) is 3.35. The Hall–Kier alpha value is -1.94. The summed E-state index contributed by atoms with van der Waals surface area (Å²) in [7, 11) is 0. The van der Waals surface area contributed by atoms with E-state index in [1.54, 1.807) is 6.26 Å². The maximum absolute atomic E-state index is 6.23. The van der Waals surface area contributed by atoms with Crippen LogP contribution in [0.5, 0.6) is 5.75 Å². The van der Waals surface area contributed by atoms with Gasteiger partial charge in [0, 0.05) is 23.4 Å². The van der Waals surface area contributed by atoms with E-state index in [2.05, 4.69) is 18.9 Å². The van der Waals surface area contributed by atoms with E-state index < -0.39 is 5.72 Å². The van der Waals surface area contributed by atoms with E-state index in [9.17, 15) is 0 Å². The number of nitrogens with zero attached hydrogens (tertiary/aromatic N) is 2. The average molecular weight is 317 g/mol. The first-order chi connectivity index (χ1) is 10.6. The van der Waals surface area contributed by atoms with Gasteiger partial charge in [-0.3, -0.25) is 0 Å². The summed E-state index contributed by atoms with van der Waals surface area (Å²) in [5.74, 6) is 1.71. The molecule has 2 aliphatic heterocycles. The molecule has 0 fully saturated rings. The quantitative estimate of drug-likeness (QED) is 0.812. The molecule has 22 heavy (non-hydrogen) atoms. The van der Waals surface area contributed by atoms with Crippen molar-refractivity contribution in [1.82, 2.24) is 5.01 Å². The van der Waals surface area contributed by atoms with E-state index in [0.717, 1.165) is 35.6 Å². The minimum absolute atomic E-state index is 0.132. The molecule has 2 aromatic rings. The van der Waals surface area contributed by atoms with Crippen molar-refractivity contribution in [2.24, 2.45) is 5.10 Å². The Morgan fingerprint density at radius 1 is 1.41 bits per heavy atom. The average Bonchev–Trinajstić information content (AvgIpc) is 3.17. The van der Waals surface area contributed by atoms with Crippen LogP contribution < -0.4 is 4.74 Å². The number of ether oxygens (including phenoxy) is 1. The van der Waals surface area contributed by atoms with E-state index in [1.807, 2.05) is 30.3 Å². The van der Waals surface area contributed by atoms with Crippen molar-refractivity contribution in [1.29, 1.82) is 0 Å². The first-order valence-corrected chi connectivity index (χ1v) is 7.87. The number of hydrogen-bond acceptors (Lipinski definition) is 4. The molecular formula is C17H17ClN2O2. The van der Waals surface area contributed by atoms with Gasteiger partial charge in [-0.2, -0.15) is 5.10 Å². The summed E-state index contributed by atoms with van der Waals surface area (Å²) in [6, 6.07) is 9.76. The molecule has 0 spiro atoms. The molecule has 0 unspecified atom stereocenters. The largest absolute Gasteiger partial charge is 0.466 e. The van der Waals surface area contributed by atoms with Gasteiger partial charge in [0.25, 0.3) is 0 Å². The van der Waals surface area contributed by atoms with Crippen LogP contribution in [0.2, 0.25) is 5.02 Å². The first-order valence-electron chi connectivity index (χ1n) is 7.50. The Kier molecular flexibility index (Phi) is 2.98. The van der Waals surface area contributed by atoms with Gasteiger partial charge in [-0.25, -0.2) is 5.01 Å². The lowest BCUT2D eigenvalue weighted by atomic mass is 9.95. The number of halogens is 1. The topological polar surface area (TPSA) is 38.0 Å². The number of hydrazone groups is 1. The van der Waals surface area contributed by atoms with Crippen LogP contribution in [0.3, 0.4) is 0 Å². The summed E-state index contributed by atoms with van der Waals surface area (Å²) in [4.78, 5) is 0. The van der Waals surface area contributed by atoms with Crippen LogP contribution in [-0.2, 0) is 0 Å². The zero-order chi connectivity index (χ0) is 15.3. The molecule has 1 aromatic heterocycles. The van der Waals surface area contributed by atoms with Gasteiger partial charge in [-0.1, -0.05) is 18.5 Å². The van der Waals surface area contributed by atoms with Gasteiger partial charge in [0.05, 0.1) is 12.3 Å². The molecule has 0 saturated heterocycles. The number of hydrogen-bond donors (Lipinski definition) is 0. The van der Waals surface area contributed by atoms with Crippen LogP contribution >= 0.6 is 11.6 Å². The summed E-state index contributed by atoms with van der Waals surface area (Å²) in [6.07, 6.45) is 3.30. The number of fused-ring (bicyclic) bond motifs is 3. The Bertz CT molecular complexity index is 741. The molecule has 4 nitrogen and oxygen atoms in total. The molecular weight excluding hydrogens is 300 g/mol. The Morgan fingerprint density at radius 2 is 2.27 bits per heavy atom. The zero-order valence-electron chi connectivity index (χ0n) is 12.5. The van der Waals surface area contributed by atoms with Gasteiger partial charge < -0.3 is 9.15 Å². The summed E-state index contributed by atoms with van der Waals surface area (Å²) < 4.78 is 11.7. The van der Waals surface area contributed by atoms with Crippen LogP contribution in [-0.4, -0.2) is 16.4 Å². The molecule has 0 N–H and O–H groups in total. The van der Waals surface area contributed by atoms with Crippen molar-refractivity contribution in [3.8, 4) is 5.75 Å². The minimum atomic E-state index is -0.458. The van der Waals surface area contributed by atoms with Gasteiger partial charge in [0.2, 0.25) is 0 Å². The normalized spacial score (nSPS) is 26.2. The molecule has 0 amide bonds. The van der Waals surface area contributed by atoms with Crippen LogP contribution in [0.25, 0.3) is 0 Å². The van der Waals surface area contributed by atoms with Gasteiger partial charge in [-0.15, -0.1) is 0 Å². The molecule has 0 aliphatic carbocycles. The number of benzene rings is 1. The van der Waals surface area contributed by atoms with Gasteiger partial charge in [0.15, 0.2) is 5.72 Å². The molecule has 1 aromatic carbocycles. The third-order valence-corrected chi connectivity index (χ3v) is 4.75. The van der Waals surface area contributed by atoms with Crippen molar-refractivity contribution in [3.63, 3.8) is 0 Å². The van der Waals surface area contributed by atoms with Gasteiger partial charge in [-0.05, 0) is 37.3 Å². The maximum atomic E-state index is 6.23. The van der Waals surface area contributed by atoms with Crippen LogP contribution in [0, 0.1) is 0 Å². The highest BCUT2D eigenvalue weighted by atomic mass is 35.5. The third kappa shape index (κ3) is 1.94. The lowest BCUT2D eigenvalue weighted by Crippen LogP contribution is -2.50. The van der Waals surface area contributed by atoms with Crippen LogP contribution in [0.4, 0.5) is 0 Å². The second-order valence-corrected chi connectivity index (χ2v) is 6.34. The highest BCUT2D eigenvalue weighted by Crippen LogP contribution is 2.48. The summed E-state index contributed by atoms with van der Waals surface area (Å²) in [6.45, 7) is 4.19. The van der Waals surface area contributed by atoms with E-state index >= 15 is 0 Å². The highest BCUT2D eigenvalue weighted by molar-refractivity contribution is 6.30. The Balaban J connectivity index is 1.81. The lowest BCUT2D eigenvalue weighted by Gasteiger charge is -2.45. The molecule has 0 radical (unpaired) electrons. The van der Waals surface area contributed by atoms with Crippen molar-refractivity contribution in [3.05, 3.63) is 52.9 Å². The Labute approximate surface area is 134 Å². The zero-order valence-corrected chi connectivity index (χ0v) is 13.3. The van der Waals surface area contributed by atoms with Gasteiger partial charge in [0.1, 0.15) is 17.2 Å². The van der Waals surface area contributed by atoms with Gasteiger partial charge >= 0.3 is 0 Å². The summed E-state index contributed by atoms with van der Waals surface area (Å²) >= 11 is 6.18. The second-order valence-electron chi connectivity index (χ2n) is 5.90. The Morgan fingerprint density at radius 3 is 3.00 bits per heavy atom. The fraction of sp³-hybridized carbons (Fsp3) is 0.353. The van der Waals surface area contributed by atoms with Crippen molar-refractivity contribution in [2.75, 3.05) is 0 Å². The second kappa shape index (κ2) is 4.78. The predicted octanol–water partition coefficient (Wildman–Crippen LogP) is 4.60. The summed E-state index contributed by atoms with van der Waals surface area (Å²) in [5, 5.41) is 7.57. The van der Waals surface area contributed by atoms with E-state index in [4.69, 9.17) is 25.9 Å². The summed E-state index contributed by atoms with van der Waals surface area (Å²) in [5.41, 5.74) is 1.58. The molecule has 2 atom stereocenters. The monoisotopic (exact) mass is 316 g/mol. The van der Waals surface area contributed by atoms with E-state index in [0.29, 0.717) is 5.02 Å². The van der Waals surface area contributed by atoms with Crippen molar-refractivity contribution in [2.45, 2.75) is 38.5 Å². The van der Waals surface area contributed by atoms with Crippen molar-refractivity contribution >= 4 is 17.3 Å². The SMILES string of the molecule is CC[C@@]1(C)Oc2ccc(Cl)cc2[C@@H]2CC(c3ccco3)=NN21. The maximum Gasteiger partial charge on any atom is 0.195 e. The molecule has 0 bridgehead atoms. The highest BCUT2D eigenvalue weighted by Gasteiger charge is 2.47. The molecule has 114 valence electrons. The number of furan rings is 1. The molecule has 4 rings (SSSR count). The molecule has 2 aliphatic rings. The molecule has 0 saturated carbocycles. The smallest absolute Gasteiger partial charge is 0.195 e. The van der Waals surface area contributed by atoms with Crippen LogP contribution in [0.1, 0.15) is 44.1 Å².